The molecular weight excluding hydrogens is 374 g/mol. The summed E-state index contributed by atoms with van der Waals surface area (Å²) in [4.78, 5) is 8.37. The zero-order chi connectivity index (χ0) is 13.7. The van der Waals surface area contributed by atoms with Gasteiger partial charge in [-0.25, -0.2) is 9.97 Å². The lowest BCUT2D eigenvalue weighted by atomic mass is 10.3. The smallest absolute Gasteiger partial charge is 0.321 e. The summed E-state index contributed by atoms with van der Waals surface area (Å²) in [6.07, 6.45) is 3.52. The summed E-state index contributed by atoms with van der Waals surface area (Å²) < 4.78 is 7.44. The minimum atomic E-state index is 0.336. The van der Waals surface area contributed by atoms with E-state index in [2.05, 4.69) is 54.1 Å². The molecule has 100 valence electrons. The fraction of sp³-hybridized carbons (Fsp3) is 0.231. The average molecular weight is 387 g/mol. The Hall–Kier alpha value is -0.980. The van der Waals surface area contributed by atoms with Crippen molar-refractivity contribution in [1.29, 1.82) is 0 Å². The van der Waals surface area contributed by atoms with Crippen LogP contribution in [0.15, 0.2) is 39.5 Å². The van der Waals surface area contributed by atoms with E-state index in [1.165, 1.54) is 0 Å². The highest BCUT2D eigenvalue weighted by atomic mass is 79.9. The van der Waals surface area contributed by atoms with Crippen molar-refractivity contribution in [1.82, 2.24) is 15.3 Å². The number of nitrogens with one attached hydrogen (secondary N) is 1. The molecule has 1 heterocycles. The molecule has 2 aromatic rings. The first-order chi connectivity index (χ1) is 9.19. The Labute approximate surface area is 128 Å². The van der Waals surface area contributed by atoms with Crippen LogP contribution in [0.3, 0.4) is 0 Å². The van der Waals surface area contributed by atoms with Crippen LogP contribution in [-0.2, 0) is 6.54 Å². The quantitative estimate of drug-likeness (QED) is 0.846. The van der Waals surface area contributed by atoms with Crippen molar-refractivity contribution >= 4 is 31.9 Å². The number of benzene rings is 1. The van der Waals surface area contributed by atoms with Crippen LogP contribution in [0, 0.1) is 0 Å². The molecule has 6 heteroatoms. The molecule has 0 amide bonds. The van der Waals surface area contributed by atoms with Crippen LogP contribution < -0.4 is 10.1 Å². The van der Waals surface area contributed by atoms with Crippen molar-refractivity contribution < 1.29 is 4.74 Å². The van der Waals surface area contributed by atoms with E-state index < -0.39 is 0 Å². The summed E-state index contributed by atoms with van der Waals surface area (Å²) in [5.41, 5.74) is 1.03. The van der Waals surface area contributed by atoms with Gasteiger partial charge in [0.15, 0.2) is 0 Å². The first kappa shape index (κ1) is 14.4. The molecule has 0 saturated carbocycles. The van der Waals surface area contributed by atoms with Crippen LogP contribution in [0.2, 0.25) is 0 Å². The lowest BCUT2D eigenvalue weighted by Gasteiger charge is -2.07. The molecule has 0 unspecified atom stereocenters. The van der Waals surface area contributed by atoms with Crippen LogP contribution in [0.1, 0.15) is 12.5 Å². The minimum Gasteiger partial charge on any atom is -0.423 e. The monoisotopic (exact) mass is 385 g/mol. The molecule has 4 nitrogen and oxygen atoms in total. The molecule has 0 atom stereocenters. The molecule has 1 N–H and O–H groups in total. The highest BCUT2D eigenvalue weighted by Crippen LogP contribution is 2.30. The Morgan fingerprint density at radius 3 is 2.58 bits per heavy atom. The van der Waals surface area contributed by atoms with Crippen molar-refractivity contribution in [3.8, 4) is 11.8 Å². The molecule has 2 rings (SSSR count). The van der Waals surface area contributed by atoms with E-state index in [4.69, 9.17) is 4.74 Å². The molecule has 0 aliphatic heterocycles. The molecule has 1 aromatic heterocycles. The lowest BCUT2D eigenvalue weighted by molar-refractivity contribution is 0.438. The average Bonchev–Trinajstić information content (AvgIpc) is 2.41. The fourth-order valence-corrected chi connectivity index (χ4v) is 2.54. The van der Waals surface area contributed by atoms with Crippen molar-refractivity contribution in [2.75, 3.05) is 6.54 Å². The maximum absolute atomic E-state index is 5.61. The van der Waals surface area contributed by atoms with Gasteiger partial charge in [0.2, 0.25) is 0 Å². The third-order valence-electron chi connectivity index (χ3n) is 2.36. The van der Waals surface area contributed by atoms with Crippen LogP contribution in [0.25, 0.3) is 0 Å². The highest BCUT2D eigenvalue weighted by Gasteiger charge is 2.05. The summed E-state index contributed by atoms with van der Waals surface area (Å²) in [7, 11) is 0. The predicted molar refractivity (Wildman–Crippen MR) is 81.3 cm³/mol. The Bertz CT molecular complexity index is 546. The Balaban J connectivity index is 2.06. The highest BCUT2D eigenvalue weighted by molar-refractivity contribution is 9.11. The van der Waals surface area contributed by atoms with E-state index in [0.29, 0.717) is 11.8 Å². The van der Waals surface area contributed by atoms with E-state index in [-0.39, 0.29) is 0 Å². The van der Waals surface area contributed by atoms with Crippen LogP contribution in [0.4, 0.5) is 0 Å². The number of ether oxygens (including phenoxy) is 1. The second kappa shape index (κ2) is 6.98. The number of hydrogen-bond donors (Lipinski definition) is 1. The SMILES string of the molecule is CCNCc1cnc(Oc2ccc(Br)cc2Br)nc1. The third kappa shape index (κ3) is 4.26. The van der Waals surface area contributed by atoms with Gasteiger partial charge in [-0.1, -0.05) is 22.9 Å². The Morgan fingerprint density at radius 1 is 1.21 bits per heavy atom. The van der Waals surface area contributed by atoms with Crippen molar-refractivity contribution in [3.05, 3.63) is 45.1 Å². The van der Waals surface area contributed by atoms with Crippen LogP contribution in [0.5, 0.6) is 11.8 Å². The zero-order valence-corrected chi connectivity index (χ0v) is 13.5. The molecule has 0 bridgehead atoms. The summed E-state index contributed by atoms with van der Waals surface area (Å²) in [6, 6.07) is 6.00. The molecule has 0 spiro atoms. The second-order valence-electron chi connectivity index (χ2n) is 3.83. The first-order valence-corrected chi connectivity index (χ1v) is 7.42. The molecule has 0 saturated heterocycles. The number of hydrogen-bond acceptors (Lipinski definition) is 4. The minimum absolute atomic E-state index is 0.336. The van der Waals surface area contributed by atoms with Gasteiger partial charge in [-0.15, -0.1) is 0 Å². The number of aromatic nitrogens is 2. The summed E-state index contributed by atoms with van der Waals surface area (Å²) in [5.74, 6) is 0.683. The van der Waals surface area contributed by atoms with E-state index >= 15 is 0 Å². The molecule has 0 fully saturated rings. The van der Waals surface area contributed by atoms with Crippen molar-refractivity contribution in [2.45, 2.75) is 13.5 Å². The van der Waals surface area contributed by atoms with Gasteiger partial charge < -0.3 is 10.1 Å². The van der Waals surface area contributed by atoms with Gasteiger partial charge in [-0.05, 0) is 40.7 Å². The predicted octanol–water partition coefficient (Wildman–Crippen LogP) is 3.90. The number of nitrogens with zero attached hydrogens (tertiary/aromatic N) is 2. The van der Waals surface area contributed by atoms with Gasteiger partial charge in [-0.2, -0.15) is 0 Å². The zero-order valence-electron chi connectivity index (χ0n) is 10.4. The first-order valence-electron chi connectivity index (χ1n) is 5.83. The van der Waals surface area contributed by atoms with E-state index in [0.717, 1.165) is 27.6 Å². The summed E-state index contributed by atoms with van der Waals surface area (Å²) in [5, 5.41) is 3.22. The fourth-order valence-electron chi connectivity index (χ4n) is 1.41. The van der Waals surface area contributed by atoms with Crippen molar-refractivity contribution in [3.63, 3.8) is 0 Å². The van der Waals surface area contributed by atoms with Crippen molar-refractivity contribution in [2.24, 2.45) is 0 Å². The number of halogens is 2. The molecular formula is C13H13Br2N3O. The maximum atomic E-state index is 5.61. The van der Waals surface area contributed by atoms with Gasteiger partial charge >= 0.3 is 6.01 Å². The molecule has 0 radical (unpaired) electrons. The number of rotatable bonds is 5. The molecule has 19 heavy (non-hydrogen) atoms. The third-order valence-corrected chi connectivity index (χ3v) is 3.47. The van der Waals surface area contributed by atoms with Gasteiger partial charge in [-0.3, -0.25) is 0 Å². The van der Waals surface area contributed by atoms with Gasteiger partial charge in [0.1, 0.15) is 5.75 Å². The molecule has 1 aromatic carbocycles. The normalized spacial score (nSPS) is 10.5. The van der Waals surface area contributed by atoms with E-state index in [9.17, 15) is 0 Å². The molecule has 0 aliphatic carbocycles. The topological polar surface area (TPSA) is 47.0 Å². The van der Waals surface area contributed by atoms with E-state index in [1.807, 2.05) is 18.2 Å². The molecule has 0 aliphatic rings. The van der Waals surface area contributed by atoms with Gasteiger partial charge in [0, 0.05) is 29.0 Å². The maximum Gasteiger partial charge on any atom is 0.321 e. The summed E-state index contributed by atoms with van der Waals surface area (Å²) in [6.45, 7) is 3.74. The van der Waals surface area contributed by atoms with Gasteiger partial charge in [0.05, 0.1) is 4.47 Å². The van der Waals surface area contributed by atoms with Crippen LogP contribution >= 0.6 is 31.9 Å². The Kier molecular flexibility index (Phi) is 5.30. The summed E-state index contributed by atoms with van der Waals surface area (Å²) >= 11 is 6.82. The Morgan fingerprint density at radius 2 is 1.95 bits per heavy atom. The second-order valence-corrected chi connectivity index (χ2v) is 5.60. The van der Waals surface area contributed by atoms with Crippen LogP contribution in [-0.4, -0.2) is 16.5 Å². The van der Waals surface area contributed by atoms with Gasteiger partial charge in [0.25, 0.3) is 0 Å². The lowest BCUT2D eigenvalue weighted by Crippen LogP contribution is -2.12. The van der Waals surface area contributed by atoms with E-state index in [1.54, 1.807) is 12.4 Å². The largest absolute Gasteiger partial charge is 0.423 e. The standard InChI is InChI=1S/C13H13Br2N3O/c1-2-16-6-9-7-17-13(18-8-9)19-12-4-3-10(14)5-11(12)15/h3-5,7-8,16H,2,6H2,1H3.